The van der Waals surface area contributed by atoms with Crippen molar-refractivity contribution in [3.8, 4) is 0 Å². The maximum Gasteiger partial charge on any atom is 0.310 e. The van der Waals surface area contributed by atoms with Crippen LogP contribution in [0.5, 0.6) is 0 Å². The van der Waals surface area contributed by atoms with E-state index in [1.165, 1.54) is 26.6 Å². The predicted molar refractivity (Wildman–Crippen MR) is 105 cm³/mol. The zero-order valence-electron chi connectivity index (χ0n) is 18.2. The number of methoxy groups -OCH3 is 1. The number of Topliss-reactive ketones (excluding diaryl/α,β-unsaturated/α-hetero) is 1. The van der Waals surface area contributed by atoms with Gasteiger partial charge in [-0.3, -0.25) is 19.2 Å². The third-order valence-electron chi connectivity index (χ3n) is 7.81. The first-order chi connectivity index (χ1) is 14.6. The van der Waals surface area contributed by atoms with Gasteiger partial charge in [-0.25, -0.2) is 0 Å². The molecular formula is C23H28O8. The highest BCUT2D eigenvalue weighted by molar-refractivity contribution is 5.93. The number of ketones is 1. The lowest BCUT2D eigenvalue weighted by atomic mass is 9.43. The Labute approximate surface area is 180 Å². The molecule has 168 valence electrons. The zero-order chi connectivity index (χ0) is 22.6. The van der Waals surface area contributed by atoms with Crippen molar-refractivity contribution in [1.29, 1.82) is 0 Å². The molecule has 1 saturated heterocycles. The smallest absolute Gasteiger partial charge is 0.310 e. The van der Waals surface area contributed by atoms with E-state index < -0.39 is 52.7 Å². The lowest BCUT2D eigenvalue weighted by Gasteiger charge is -2.60. The lowest BCUT2D eigenvalue weighted by molar-refractivity contribution is -0.210. The summed E-state index contributed by atoms with van der Waals surface area (Å²) in [4.78, 5) is 51.2. The van der Waals surface area contributed by atoms with Gasteiger partial charge in [-0.1, -0.05) is 13.8 Å². The standard InChI is InChI=1S/C23H28O8/c1-12(24)30-16-9-15(20(26)28-4)22(2)7-5-14-21(27)31-17(13-6-8-29-11-13)10-23(14,3)19(22)18(16)25/h6,8,11,14-17,19H,5,7,9-10H2,1-4H3/t14-,15-,16-,17-,19-,22?,23-/m0/s1. The van der Waals surface area contributed by atoms with Crippen LogP contribution in [0.15, 0.2) is 23.0 Å². The molecular weight excluding hydrogens is 404 g/mol. The van der Waals surface area contributed by atoms with Gasteiger partial charge in [-0.2, -0.15) is 0 Å². The molecule has 1 aliphatic heterocycles. The van der Waals surface area contributed by atoms with Gasteiger partial charge in [0.25, 0.3) is 0 Å². The number of rotatable bonds is 3. The minimum atomic E-state index is -1.04. The molecule has 1 unspecified atom stereocenters. The Bertz CT molecular complexity index is 905. The Hall–Kier alpha value is -2.64. The number of esters is 3. The molecule has 31 heavy (non-hydrogen) atoms. The van der Waals surface area contributed by atoms with Gasteiger partial charge < -0.3 is 18.6 Å². The van der Waals surface area contributed by atoms with Gasteiger partial charge >= 0.3 is 17.9 Å². The van der Waals surface area contributed by atoms with Crippen molar-refractivity contribution in [3.63, 3.8) is 0 Å². The Kier molecular flexibility index (Phi) is 5.22. The molecule has 4 rings (SSSR count). The fraction of sp³-hybridized carbons (Fsp3) is 0.652. The van der Waals surface area contributed by atoms with Gasteiger partial charge in [0.1, 0.15) is 6.10 Å². The van der Waals surface area contributed by atoms with Crippen molar-refractivity contribution < 1.29 is 37.8 Å². The van der Waals surface area contributed by atoms with Crippen LogP contribution in [-0.4, -0.2) is 36.9 Å². The third kappa shape index (κ3) is 3.27. The molecule has 8 heteroatoms. The molecule has 0 amide bonds. The monoisotopic (exact) mass is 432 g/mol. The average molecular weight is 432 g/mol. The number of hydrogen-bond donors (Lipinski definition) is 0. The summed E-state index contributed by atoms with van der Waals surface area (Å²) in [5, 5.41) is 0. The summed E-state index contributed by atoms with van der Waals surface area (Å²) >= 11 is 0. The summed E-state index contributed by atoms with van der Waals surface area (Å²) in [5.74, 6) is -3.35. The van der Waals surface area contributed by atoms with Crippen molar-refractivity contribution in [1.82, 2.24) is 0 Å². The van der Waals surface area contributed by atoms with Crippen molar-refractivity contribution >= 4 is 23.7 Å². The molecule has 1 aromatic heterocycles. The van der Waals surface area contributed by atoms with Crippen LogP contribution in [0.25, 0.3) is 0 Å². The number of hydrogen-bond acceptors (Lipinski definition) is 8. The zero-order valence-corrected chi connectivity index (χ0v) is 18.2. The van der Waals surface area contributed by atoms with Crippen molar-refractivity contribution in [3.05, 3.63) is 24.2 Å². The Morgan fingerprint density at radius 3 is 2.55 bits per heavy atom. The molecule has 2 aliphatic carbocycles. The van der Waals surface area contributed by atoms with Gasteiger partial charge in [-0.15, -0.1) is 0 Å². The van der Waals surface area contributed by atoms with E-state index in [-0.39, 0.29) is 18.2 Å². The normalized spacial score (nSPS) is 39.7. The van der Waals surface area contributed by atoms with E-state index in [2.05, 4.69) is 0 Å². The van der Waals surface area contributed by atoms with Crippen molar-refractivity contribution in [2.45, 2.75) is 58.7 Å². The summed E-state index contributed by atoms with van der Waals surface area (Å²) in [5.41, 5.74) is -0.763. The largest absolute Gasteiger partial charge is 0.472 e. The maximum atomic E-state index is 13.7. The van der Waals surface area contributed by atoms with Crippen LogP contribution in [0.1, 0.15) is 58.1 Å². The van der Waals surface area contributed by atoms with Crippen LogP contribution in [0.3, 0.4) is 0 Å². The lowest BCUT2D eigenvalue weighted by Crippen LogP contribution is -2.64. The first kappa shape index (κ1) is 21.6. The van der Waals surface area contributed by atoms with Crippen LogP contribution >= 0.6 is 0 Å². The number of furan rings is 1. The highest BCUT2D eigenvalue weighted by Gasteiger charge is 2.67. The molecule has 3 fully saturated rings. The van der Waals surface area contributed by atoms with E-state index in [9.17, 15) is 19.2 Å². The van der Waals surface area contributed by atoms with Gasteiger partial charge in [0, 0.05) is 24.8 Å². The molecule has 8 nitrogen and oxygen atoms in total. The molecule has 0 spiro atoms. The Morgan fingerprint density at radius 2 is 1.94 bits per heavy atom. The summed E-state index contributed by atoms with van der Waals surface area (Å²) in [6.07, 6.45) is 2.98. The second-order valence-electron chi connectivity index (χ2n) is 9.53. The number of ether oxygens (including phenoxy) is 3. The number of fused-ring (bicyclic) bond motifs is 3. The van der Waals surface area contributed by atoms with E-state index in [0.29, 0.717) is 19.3 Å². The van der Waals surface area contributed by atoms with Crippen LogP contribution in [0, 0.1) is 28.6 Å². The van der Waals surface area contributed by atoms with E-state index >= 15 is 0 Å². The molecule has 2 heterocycles. The highest BCUT2D eigenvalue weighted by Crippen LogP contribution is 2.65. The fourth-order valence-electron chi connectivity index (χ4n) is 6.46. The Morgan fingerprint density at radius 1 is 1.19 bits per heavy atom. The molecule has 0 bridgehead atoms. The van der Waals surface area contributed by atoms with Crippen LogP contribution < -0.4 is 0 Å². The average Bonchev–Trinajstić information content (AvgIpc) is 3.23. The first-order valence-electron chi connectivity index (χ1n) is 10.6. The number of carbonyl (C=O) groups is 4. The molecule has 1 aromatic rings. The topological polar surface area (TPSA) is 109 Å². The minimum absolute atomic E-state index is 0.0917. The van der Waals surface area contributed by atoms with Gasteiger partial charge in [0.2, 0.25) is 0 Å². The van der Waals surface area contributed by atoms with E-state index in [0.717, 1.165) is 5.56 Å². The molecule has 0 radical (unpaired) electrons. The van der Waals surface area contributed by atoms with E-state index in [4.69, 9.17) is 18.6 Å². The summed E-state index contributed by atoms with van der Waals surface area (Å²) < 4.78 is 21.3. The van der Waals surface area contributed by atoms with Crippen molar-refractivity contribution in [2.24, 2.45) is 28.6 Å². The molecule has 3 aliphatic rings. The SMILES string of the molecule is COC(=O)[C@@H]1C[C@H](OC(C)=O)C(=O)[C@H]2C1(C)CC[C@H]1C(=O)O[C@H](c3ccoc3)C[C@@]12C. The van der Waals surface area contributed by atoms with E-state index in [1.54, 1.807) is 6.07 Å². The quantitative estimate of drug-likeness (QED) is 0.530. The molecule has 0 aromatic carbocycles. The first-order valence-corrected chi connectivity index (χ1v) is 10.6. The van der Waals surface area contributed by atoms with Crippen LogP contribution in [0.4, 0.5) is 0 Å². The Balaban J connectivity index is 1.80. The predicted octanol–water partition coefficient (Wildman–Crippen LogP) is 3.00. The van der Waals surface area contributed by atoms with Gasteiger partial charge in [-0.05, 0) is 36.2 Å². The van der Waals surface area contributed by atoms with Gasteiger partial charge in [0.15, 0.2) is 11.9 Å². The number of cyclic esters (lactones) is 1. The summed E-state index contributed by atoms with van der Waals surface area (Å²) in [6, 6.07) is 1.74. The minimum Gasteiger partial charge on any atom is -0.472 e. The van der Waals surface area contributed by atoms with Crippen LogP contribution in [-0.2, 0) is 33.4 Å². The number of carbonyl (C=O) groups excluding carboxylic acids is 4. The van der Waals surface area contributed by atoms with Crippen LogP contribution in [0.2, 0.25) is 0 Å². The molecule has 7 atom stereocenters. The molecule has 2 saturated carbocycles. The molecule has 0 N–H and O–H groups in total. The second kappa shape index (κ2) is 7.50. The summed E-state index contributed by atoms with van der Waals surface area (Å²) in [7, 11) is 1.32. The van der Waals surface area contributed by atoms with Crippen molar-refractivity contribution in [2.75, 3.05) is 7.11 Å². The highest BCUT2D eigenvalue weighted by atomic mass is 16.6. The summed E-state index contributed by atoms with van der Waals surface area (Å²) in [6.45, 7) is 5.09. The van der Waals surface area contributed by atoms with Gasteiger partial charge in [0.05, 0.1) is 31.5 Å². The fourth-order valence-corrected chi connectivity index (χ4v) is 6.46. The van der Waals surface area contributed by atoms with E-state index in [1.807, 2.05) is 13.8 Å². The maximum absolute atomic E-state index is 13.7. The second-order valence-corrected chi connectivity index (χ2v) is 9.53. The third-order valence-corrected chi connectivity index (χ3v) is 7.81.